The lowest BCUT2D eigenvalue weighted by molar-refractivity contribution is -0.114. The Hall–Kier alpha value is -1.37. The van der Waals surface area contributed by atoms with Crippen molar-refractivity contribution in [1.29, 1.82) is 0 Å². The minimum atomic E-state index is -0.579. The Morgan fingerprint density at radius 1 is 1.50 bits per heavy atom. The summed E-state index contributed by atoms with van der Waals surface area (Å²) < 4.78 is 19.4. The number of thiazole rings is 1. The maximum Gasteiger partial charge on any atom is 0.221 e. The Labute approximate surface area is 128 Å². The first-order valence-electron chi connectivity index (χ1n) is 5.46. The van der Waals surface area contributed by atoms with Crippen LogP contribution >= 0.6 is 34.5 Å². The second-order valence-corrected chi connectivity index (χ2v) is 5.83. The van der Waals surface area contributed by atoms with Crippen molar-refractivity contribution in [2.45, 2.75) is 13.5 Å². The van der Waals surface area contributed by atoms with Gasteiger partial charge >= 0.3 is 0 Å². The molecule has 0 aliphatic rings. The first-order valence-corrected chi connectivity index (χ1v) is 7.03. The topological polar surface area (TPSA) is 51.2 Å². The van der Waals surface area contributed by atoms with E-state index in [0.29, 0.717) is 15.0 Å². The summed E-state index contributed by atoms with van der Waals surface area (Å²) in [7, 11) is 0. The molecular weight excluding hydrogens is 326 g/mol. The van der Waals surface area contributed by atoms with Crippen LogP contribution in [0, 0.1) is 5.82 Å². The van der Waals surface area contributed by atoms with Crippen LogP contribution in [-0.4, -0.2) is 10.9 Å². The molecule has 0 saturated carbocycles. The number of amides is 1. The van der Waals surface area contributed by atoms with Crippen molar-refractivity contribution in [3.63, 3.8) is 0 Å². The van der Waals surface area contributed by atoms with Gasteiger partial charge in [-0.1, -0.05) is 23.2 Å². The van der Waals surface area contributed by atoms with Gasteiger partial charge in [0.2, 0.25) is 5.91 Å². The zero-order chi connectivity index (χ0) is 14.7. The number of ether oxygens (including phenoxy) is 1. The second kappa shape index (κ2) is 6.39. The molecule has 2 aromatic rings. The van der Waals surface area contributed by atoms with Crippen molar-refractivity contribution in [1.82, 2.24) is 4.98 Å². The number of nitrogens with one attached hydrogen (secondary N) is 1. The number of nitrogens with zero attached hydrogens (tertiary/aromatic N) is 1. The molecule has 8 heteroatoms. The maximum absolute atomic E-state index is 13.7. The van der Waals surface area contributed by atoms with Crippen LogP contribution in [0.3, 0.4) is 0 Å². The van der Waals surface area contributed by atoms with Gasteiger partial charge in [-0.2, -0.15) is 0 Å². The SMILES string of the molecule is CC(=O)Nc1ccc(OCc2nc(Cl)c(Cl)s2)c(F)c1. The van der Waals surface area contributed by atoms with E-state index in [1.165, 1.54) is 30.4 Å². The number of aromatic nitrogens is 1. The van der Waals surface area contributed by atoms with Crippen molar-refractivity contribution in [2.75, 3.05) is 5.32 Å². The molecule has 0 aliphatic carbocycles. The number of hydrogen-bond donors (Lipinski definition) is 1. The fourth-order valence-electron chi connectivity index (χ4n) is 1.42. The summed E-state index contributed by atoms with van der Waals surface area (Å²) >= 11 is 12.6. The molecule has 0 unspecified atom stereocenters. The van der Waals surface area contributed by atoms with E-state index in [1.807, 2.05) is 0 Å². The van der Waals surface area contributed by atoms with E-state index in [-0.39, 0.29) is 23.4 Å². The van der Waals surface area contributed by atoms with Crippen molar-refractivity contribution >= 4 is 46.1 Å². The Morgan fingerprint density at radius 2 is 2.25 bits per heavy atom. The van der Waals surface area contributed by atoms with Gasteiger partial charge in [0.05, 0.1) is 0 Å². The van der Waals surface area contributed by atoms with Crippen LogP contribution in [0.5, 0.6) is 5.75 Å². The van der Waals surface area contributed by atoms with Gasteiger partial charge in [0, 0.05) is 18.7 Å². The predicted octanol–water partition coefficient (Wildman–Crippen LogP) is 4.13. The molecule has 0 radical (unpaired) electrons. The molecule has 1 aromatic heterocycles. The minimum Gasteiger partial charge on any atom is -0.483 e. The van der Waals surface area contributed by atoms with Gasteiger partial charge in [-0.05, 0) is 12.1 Å². The minimum absolute atomic E-state index is 0.0570. The molecule has 1 N–H and O–H groups in total. The van der Waals surface area contributed by atoms with E-state index in [0.717, 1.165) is 0 Å². The second-order valence-electron chi connectivity index (χ2n) is 3.79. The first-order chi connectivity index (χ1) is 9.45. The summed E-state index contributed by atoms with van der Waals surface area (Å²) in [5, 5.41) is 3.23. The highest BCUT2D eigenvalue weighted by Gasteiger charge is 2.10. The van der Waals surface area contributed by atoms with E-state index in [9.17, 15) is 9.18 Å². The number of anilines is 1. The van der Waals surface area contributed by atoms with Gasteiger partial charge in [-0.3, -0.25) is 4.79 Å². The van der Waals surface area contributed by atoms with Gasteiger partial charge in [0.25, 0.3) is 0 Å². The van der Waals surface area contributed by atoms with E-state index in [2.05, 4.69) is 10.3 Å². The standard InChI is InChI=1S/C12H9Cl2FN2O2S/c1-6(18)16-7-2-3-9(8(15)4-7)19-5-10-17-11(13)12(14)20-10/h2-4H,5H2,1H3,(H,16,18). The third kappa shape index (κ3) is 3.82. The molecule has 0 saturated heterocycles. The van der Waals surface area contributed by atoms with Crippen LogP contribution in [-0.2, 0) is 11.4 Å². The summed E-state index contributed by atoms with van der Waals surface area (Å²) in [5.74, 6) is -0.795. The number of halogens is 3. The lowest BCUT2D eigenvalue weighted by Crippen LogP contribution is -2.06. The summed E-state index contributed by atoms with van der Waals surface area (Å²) in [5.41, 5.74) is 0.364. The van der Waals surface area contributed by atoms with Crippen molar-refractivity contribution in [3.05, 3.63) is 38.5 Å². The molecule has 2 rings (SSSR count). The highest BCUT2D eigenvalue weighted by Crippen LogP contribution is 2.29. The van der Waals surface area contributed by atoms with E-state index in [1.54, 1.807) is 6.07 Å². The van der Waals surface area contributed by atoms with Crippen LogP contribution in [0.25, 0.3) is 0 Å². The molecule has 0 aliphatic heterocycles. The third-order valence-electron chi connectivity index (χ3n) is 2.20. The van der Waals surface area contributed by atoms with Gasteiger partial charge in [-0.15, -0.1) is 11.3 Å². The largest absolute Gasteiger partial charge is 0.483 e. The van der Waals surface area contributed by atoms with E-state index in [4.69, 9.17) is 27.9 Å². The average Bonchev–Trinajstić information content (AvgIpc) is 2.67. The quantitative estimate of drug-likeness (QED) is 0.914. The van der Waals surface area contributed by atoms with Crippen molar-refractivity contribution in [3.8, 4) is 5.75 Å². The number of carbonyl (C=O) groups is 1. The zero-order valence-corrected chi connectivity index (χ0v) is 12.6. The highest BCUT2D eigenvalue weighted by atomic mass is 35.5. The maximum atomic E-state index is 13.7. The third-order valence-corrected chi connectivity index (χ3v) is 3.91. The Balaban J connectivity index is 2.04. The number of rotatable bonds is 4. The van der Waals surface area contributed by atoms with Crippen LogP contribution in [0.1, 0.15) is 11.9 Å². The molecule has 1 amide bonds. The molecule has 1 aromatic carbocycles. The molecule has 20 heavy (non-hydrogen) atoms. The summed E-state index contributed by atoms with van der Waals surface area (Å²) in [4.78, 5) is 14.8. The Morgan fingerprint density at radius 3 is 2.80 bits per heavy atom. The summed E-state index contributed by atoms with van der Waals surface area (Å²) in [6.45, 7) is 1.41. The van der Waals surface area contributed by atoms with Gasteiger partial charge < -0.3 is 10.1 Å². The molecule has 4 nitrogen and oxygen atoms in total. The van der Waals surface area contributed by atoms with Crippen LogP contribution in [0.2, 0.25) is 9.49 Å². The fraction of sp³-hybridized carbons (Fsp3) is 0.167. The van der Waals surface area contributed by atoms with Crippen LogP contribution in [0.15, 0.2) is 18.2 Å². The zero-order valence-electron chi connectivity index (χ0n) is 10.2. The number of benzene rings is 1. The van der Waals surface area contributed by atoms with Crippen molar-refractivity contribution < 1.29 is 13.9 Å². The number of carbonyl (C=O) groups excluding carboxylic acids is 1. The molecule has 0 bridgehead atoms. The highest BCUT2D eigenvalue weighted by molar-refractivity contribution is 7.16. The molecule has 0 fully saturated rings. The molecule has 0 atom stereocenters. The molecule has 1 heterocycles. The summed E-state index contributed by atoms with van der Waals surface area (Å²) in [6, 6.07) is 4.15. The molecule has 0 spiro atoms. The lowest BCUT2D eigenvalue weighted by atomic mass is 10.3. The van der Waals surface area contributed by atoms with E-state index >= 15 is 0 Å². The van der Waals surface area contributed by atoms with E-state index < -0.39 is 5.82 Å². The Kier molecular flexibility index (Phi) is 4.80. The monoisotopic (exact) mass is 334 g/mol. The fourth-order valence-corrected chi connectivity index (χ4v) is 2.59. The normalized spacial score (nSPS) is 10.4. The van der Waals surface area contributed by atoms with Gasteiger partial charge in [0.1, 0.15) is 16.0 Å². The predicted molar refractivity (Wildman–Crippen MR) is 77.2 cm³/mol. The van der Waals surface area contributed by atoms with Crippen LogP contribution < -0.4 is 10.1 Å². The lowest BCUT2D eigenvalue weighted by Gasteiger charge is -2.07. The first kappa shape index (κ1) is 15.0. The number of hydrogen-bond acceptors (Lipinski definition) is 4. The van der Waals surface area contributed by atoms with Gasteiger partial charge in [0.15, 0.2) is 16.7 Å². The Bertz CT molecular complexity index is 629. The molecule has 106 valence electrons. The van der Waals surface area contributed by atoms with Crippen LogP contribution in [0.4, 0.5) is 10.1 Å². The molecular formula is C12H9Cl2FN2O2S. The average molecular weight is 335 g/mol. The smallest absolute Gasteiger partial charge is 0.221 e. The summed E-state index contributed by atoms with van der Waals surface area (Å²) in [6.07, 6.45) is 0. The van der Waals surface area contributed by atoms with Crippen molar-refractivity contribution in [2.24, 2.45) is 0 Å². The van der Waals surface area contributed by atoms with Gasteiger partial charge in [-0.25, -0.2) is 9.37 Å².